The third kappa shape index (κ3) is 6.44. The van der Waals surface area contributed by atoms with E-state index >= 15 is 0 Å². The minimum atomic E-state index is -3.36. The van der Waals surface area contributed by atoms with Crippen LogP contribution < -0.4 is 19.1 Å². The van der Waals surface area contributed by atoms with Gasteiger partial charge in [0, 0.05) is 38.5 Å². The fourth-order valence-corrected chi connectivity index (χ4v) is 5.82. The topological polar surface area (TPSA) is 108 Å². The summed E-state index contributed by atoms with van der Waals surface area (Å²) < 4.78 is 46.4. The lowest BCUT2D eigenvalue weighted by molar-refractivity contribution is -0.114. The van der Waals surface area contributed by atoms with E-state index in [2.05, 4.69) is 9.88 Å². The summed E-state index contributed by atoms with van der Waals surface area (Å²) in [5.74, 6) is 1.18. The van der Waals surface area contributed by atoms with E-state index in [1.807, 2.05) is 0 Å². The van der Waals surface area contributed by atoms with Gasteiger partial charge in [-0.15, -0.1) is 0 Å². The minimum absolute atomic E-state index is 0.216. The number of benzene rings is 2. The Hall–Kier alpha value is -3.19. The molecule has 1 fully saturated rings. The molecule has 2 heterocycles. The van der Waals surface area contributed by atoms with Crippen LogP contribution >= 0.6 is 11.3 Å². The molecule has 0 spiro atoms. The fraction of sp³-hybridized carbons (Fsp3) is 0.385. The molecule has 0 N–H and O–H groups in total. The number of ether oxygens (including phenoxy) is 4. The third-order valence-corrected chi connectivity index (χ3v) is 8.27. The first kappa shape index (κ1) is 27.8. The van der Waals surface area contributed by atoms with E-state index in [0.29, 0.717) is 64.5 Å². The summed E-state index contributed by atoms with van der Waals surface area (Å²) in [5.41, 5.74) is 1.33. The molecule has 1 amide bonds. The van der Waals surface area contributed by atoms with Crippen LogP contribution in [0.25, 0.3) is 16.3 Å². The number of sulfone groups is 1. The van der Waals surface area contributed by atoms with Gasteiger partial charge in [0.2, 0.25) is 5.75 Å². The molecular formula is C26H31N3O7S2. The van der Waals surface area contributed by atoms with Crippen LogP contribution in [0.2, 0.25) is 0 Å². The molecule has 0 unspecified atom stereocenters. The highest BCUT2D eigenvalue weighted by molar-refractivity contribution is 7.90. The summed E-state index contributed by atoms with van der Waals surface area (Å²) in [6, 6.07) is 8.32. The van der Waals surface area contributed by atoms with E-state index in [9.17, 15) is 13.2 Å². The maximum Gasteiger partial charge on any atom is 0.252 e. The number of methoxy groups -OCH3 is 3. The van der Waals surface area contributed by atoms with E-state index < -0.39 is 9.84 Å². The second-order valence-electron chi connectivity index (χ2n) is 8.63. The van der Waals surface area contributed by atoms with Gasteiger partial charge in [-0.25, -0.2) is 13.4 Å². The second kappa shape index (κ2) is 12.1. The number of hydrogen-bond acceptors (Lipinski definition) is 10. The van der Waals surface area contributed by atoms with E-state index in [-0.39, 0.29) is 10.8 Å². The Morgan fingerprint density at radius 2 is 1.79 bits per heavy atom. The molecular weight excluding hydrogens is 530 g/mol. The zero-order chi connectivity index (χ0) is 27.3. The predicted octanol–water partition coefficient (Wildman–Crippen LogP) is 3.10. The smallest absolute Gasteiger partial charge is 0.252 e. The average Bonchev–Trinajstić information content (AvgIpc) is 3.34. The van der Waals surface area contributed by atoms with Crippen molar-refractivity contribution in [3.63, 3.8) is 0 Å². The van der Waals surface area contributed by atoms with Crippen LogP contribution in [-0.2, 0) is 19.4 Å². The molecule has 2 aromatic carbocycles. The first-order valence-electron chi connectivity index (χ1n) is 11.9. The zero-order valence-corrected chi connectivity index (χ0v) is 23.4. The van der Waals surface area contributed by atoms with Crippen LogP contribution in [0.5, 0.6) is 17.2 Å². The second-order valence-corrected chi connectivity index (χ2v) is 11.7. The van der Waals surface area contributed by atoms with Gasteiger partial charge in [0.1, 0.15) is 0 Å². The standard InChI is InChI=1S/C26H31N3O7S2/c1-33-21-15-18(16-22(34-2)25(21)35-3)5-8-24(30)29(10-9-28-11-13-36-14-12-28)26-27-20-7-6-19(38(4,31)32)17-23(20)37-26/h5-8,15-17H,9-14H2,1-4H3/b8-5+. The molecule has 4 rings (SSSR count). The van der Waals surface area contributed by atoms with Gasteiger partial charge in [-0.1, -0.05) is 11.3 Å². The Morgan fingerprint density at radius 3 is 2.39 bits per heavy atom. The van der Waals surface area contributed by atoms with Crippen LogP contribution in [0.3, 0.4) is 0 Å². The molecule has 1 aliphatic heterocycles. The molecule has 0 atom stereocenters. The van der Waals surface area contributed by atoms with Gasteiger partial charge in [0.05, 0.1) is 49.7 Å². The van der Waals surface area contributed by atoms with Gasteiger partial charge >= 0.3 is 0 Å². The van der Waals surface area contributed by atoms with Crippen LogP contribution in [0.4, 0.5) is 5.13 Å². The van der Waals surface area contributed by atoms with Gasteiger partial charge in [-0.3, -0.25) is 14.6 Å². The van der Waals surface area contributed by atoms with Crippen LogP contribution in [0.1, 0.15) is 5.56 Å². The quantitative estimate of drug-likeness (QED) is 0.345. The number of aromatic nitrogens is 1. The largest absolute Gasteiger partial charge is 0.493 e. The fourth-order valence-electron chi connectivity index (χ4n) is 4.06. The van der Waals surface area contributed by atoms with E-state index in [4.69, 9.17) is 18.9 Å². The van der Waals surface area contributed by atoms with Crippen LogP contribution in [0.15, 0.2) is 41.3 Å². The lowest BCUT2D eigenvalue weighted by atomic mass is 10.1. The van der Waals surface area contributed by atoms with Crippen molar-refractivity contribution in [1.29, 1.82) is 0 Å². The maximum atomic E-state index is 13.5. The lowest BCUT2D eigenvalue weighted by Gasteiger charge is -2.28. The van der Waals surface area contributed by atoms with Gasteiger partial charge < -0.3 is 18.9 Å². The number of carbonyl (C=O) groups excluding carboxylic acids is 1. The highest BCUT2D eigenvalue weighted by Crippen LogP contribution is 2.38. The first-order valence-corrected chi connectivity index (χ1v) is 14.6. The molecule has 1 aliphatic rings. The molecule has 0 aliphatic carbocycles. The Bertz CT molecular complexity index is 1400. The maximum absolute atomic E-state index is 13.5. The molecule has 38 heavy (non-hydrogen) atoms. The molecule has 204 valence electrons. The summed E-state index contributed by atoms with van der Waals surface area (Å²) in [6.45, 7) is 3.96. The van der Waals surface area contributed by atoms with Crippen molar-refractivity contribution in [2.24, 2.45) is 0 Å². The normalized spacial score (nSPS) is 14.6. The molecule has 0 saturated carbocycles. The highest BCUT2D eigenvalue weighted by atomic mass is 32.2. The summed E-state index contributed by atoms with van der Waals surface area (Å²) in [4.78, 5) is 22.2. The number of carbonyl (C=O) groups is 1. The molecule has 0 radical (unpaired) electrons. The number of thiazole rings is 1. The number of anilines is 1. The summed E-state index contributed by atoms with van der Waals surface area (Å²) in [6.07, 6.45) is 4.33. The SMILES string of the molecule is COc1cc(/C=C/C(=O)N(CCN2CCOCC2)c2nc3ccc(S(C)(=O)=O)cc3s2)cc(OC)c1OC. The predicted molar refractivity (Wildman–Crippen MR) is 147 cm³/mol. The van der Waals surface area contributed by atoms with Gasteiger partial charge in [-0.2, -0.15) is 0 Å². The Balaban J connectivity index is 1.64. The average molecular weight is 562 g/mol. The summed E-state index contributed by atoms with van der Waals surface area (Å²) in [5, 5.41) is 0.499. The zero-order valence-electron chi connectivity index (χ0n) is 21.8. The highest BCUT2D eigenvalue weighted by Gasteiger charge is 2.21. The number of nitrogens with zero attached hydrogens (tertiary/aromatic N) is 3. The van der Waals surface area contributed by atoms with Gasteiger partial charge in [0.15, 0.2) is 26.5 Å². The monoisotopic (exact) mass is 561 g/mol. The van der Waals surface area contributed by atoms with Crippen molar-refractivity contribution < 1.29 is 32.2 Å². The Labute approximate surface area is 226 Å². The number of rotatable bonds is 10. The third-order valence-electron chi connectivity index (χ3n) is 6.12. The first-order chi connectivity index (χ1) is 18.2. The molecule has 3 aromatic rings. The number of morpholine rings is 1. The van der Waals surface area contributed by atoms with Crippen molar-refractivity contribution >= 4 is 48.5 Å². The number of fused-ring (bicyclic) bond motifs is 1. The van der Waals surface area contributed by atoms with Crippen molar-refractivity contribution in [2.45, 2.75) is 4.90 Å². The molecule has 10 nitrogen and oxygen atoms in total. The Kier molecular flexibility index (Phi) is 8.87. The molecule has 0 bridgehead atoms. The molecule has 1 saturated heterocycles. The number of hydrogen-bond donors (Lipinski definition) is 0. The van der Waals surface area contributed by atoms with Crippen LogP contribution in [0, 0.1) is 0 Å². The molecule has 12 heteroatoms. The van der Waals surface area contributed by atoms with Crippen molar-refractivity contribution in [1.82, 2.24) is 9.88 Å². The van der Waals surface area contributed by atoms with E-state index in [1.165, 1.54) is 51.1 Å². The Morgan fingerprint density at radius 1 is 1.11 bits per heavy atom. The number of amides is 1. The van der Waals surface area contributed by atoms with Crippen molar-refractivity contribution in [3.05, 3.63) is 42.0 Å². The van der Waals surface area contributed by atoms with E-state index in [1.54, 1.807) is 35.2 Å². The van der Waals surface area contributed by atoms with Crippen LogP contribution in [-0.4, -0.2) is 91.2 Å². The van der Waals surface area contributed by atoms with E-state index in [0.717, 1.165) is 13.1 Å². The minimum Gasteiger partial charge on any atom is -0.493 e. The molecule has 1 aromatic heterocycles. The lowest BCUT2D eigenvalue weighted by Crippen LogP contribution is -2.42. The summed E-state index contributed by atoms with van der Waals surface area (Å²) >= 11 is 1.29. The van der Waals surface area contributed by atoms with Gasteiger partial charge in [-0.05, 0) is 42.0 Å². The van der Waals surface area contributed by atoms with Crippen molar-refractivity contribution in [2.75, 3.05) is 71.9 Å². The summed E-state index contributed by atoms with van der Waals surface area (Å²) in [7, 11) is 1.23. The van der Waals surface area contributed by atoms with Gasteiger partial charge in [0.25, 0.3) is 5.91 Å². The van der Waals surface area contributed by atoms with Crippen molar-refractivity contribution in [3.8, 4) is 17.2 Å².